The summed E-state index contributed by atoms with van der Waals surface area (Å²) in [5.74, 6) is 0.684. The molecule has 2 aromatic heterocycles. The van der Waals surface area contributed by atoms with E-state index in [9.17, 15) is 4.79 Å². The topological polar surface area (TPSA) is 45.2 Å². The zero-order chi connectivity index (χ0) is 15.5. The van der Waals surface area contributed by atoms with Crippen molar-refractivity contribution in [2.45, 2.75) is 26.3 Å². The van der Waals surface area contributed by atoms with Crippen molar-refractivity contribution in [1.29, 1.82) is 0 Å². The van der Waals surface area contributed by atoms with Crippen LogP contribution in [-0.4, -0.2) is 28.9 Å². The van der Waals surface area contributed by atoms with Crippen molar-refractivity contribution in [2.24, 2.45) is 5.92 Å². The standard InChI is InChI=1S/C15H18ClN3OS2/c1-10-4-6-19(7-5-10)8-11-9-21-15(17-11)18-14(20)12-2-3-13(16)22-12/h2-3,9-10H,4-8H2,1H3,(H,17,18,20). The molecular weight excluding hydrogens is 338 g/mol. The Balaban J connectivity index is 1.56. The smallest absolute Gasteiger partial charge is 0.267 e. The van der Waals surface area contributed by atoms with Gasteiger partial charge in [-0.05, 0) is 44.0 Å². The van der Waals surface area contributed by atoms with Crippen molar-refractivity contribution < 1.29 is 4.79 Å². The van der Waals surface area contributed by atoms with Crippen LogP contribution in [0, 0.1) is 5.92 Å². The fourth-order valence-corrected chi connectivity index (χ4v) is 4.12. The molecule has 3 rings (SSSR count). The second-order valence-electron chi connectivity index (χ2n) is 5.66. The highest BCUT2D eigenvalue weighted by atomic mass is 35.5. The highest BCUT2D eigenvalue weighted by Crippen LogP contribution is 2.24. The van der Waals surface area contributed by atoms with E-state index < -0.39 is 0 Å². The van der Waals surface area contributed by atoms with Crippen LogP contribution in [0.15, 0.2) is 17.5 Å². The number of rotatable bonds is 4. The molecule has 1 fully saturated rings. The second-order valence-corrected chi connectivity index (χ2v) is 8.23. The first kappa shape index (κ1) is 15.9. The van der Waals surface area contributed by atoms with Gasteiger partial charge in [0.15, 0.2) is 5.13 Å². The van der Waals surface area contributed by atoms with E-state index in [1.165, 1.54) is 35.5 Å². The van der Waals surface area contributed by atoms with Crippen LogP contribution in [0.3, 0.4) is 0 Å². The van der Waals surface area contributed by atoms with Gasteiger partial charge in [-0.2, -0.15) is 0 Å². The number of thiazole rings is 1. The molecule has 4 nitrogen and oxygen atoms in total. The first-order chi connectivity index (χ1) is 10.6. The average molecular weight is 356 g/mol. The van der Waals surface area contributed by atoms with Crippen LogP contribution in [0.25, 0.3) is 0 Å². The zero-order valence-electron chi connectivity index (χ0n) is 12.3. The Bertz CT molecular complexity index is 647. The van der Waals surface area contributed by atoms with Gasteiger partial charge in [0.2, 0.25) is 0 Å². The number of carbonyl (C=O) groups excluding carboxylic acids is 1. The molecule has 2 aromatic rings. The molecule has 0 unspecified atom stereocenters. The minimum Gasteiger partial charge on any atom is -0.297 e. The Morgan fingerprint density at radius 3 is 2.91 bits per heavy atom. The molecule has 7 heteroatoms. The van der Waals surface area contributed by atoms with Crippen LogP contribution < -0.4 is 5.32 Å². The van der Waals surface area contributed by atoms with Crippen LogP contribution in [0.4, 0.5) is 5.13 Å². The number of hydrogen-bond acceptors (Lipinski definition) is 5. The normalized spacial score (nSPS) is 16.8. The number of aromatic nitrogens is 1. The van der Waals surface area contributed by atoms with E-state index in [2.05, 4.69) is 22.1 Å². The summed E-state index contributed by atoms with van der Waals surface area (Å²) < 4.78 is 0.615. The maximum Gasteiger partial charge on any atom is 0.267 e. The van der Waals surface area contributed by atoms with Crippen LogP contribution >= 0.6 is 34.3 Å². The highest BCUT2D eigenvalue weighted by molar-refractivity contribution is 7.18. The van der Waals surface area contributed by atoms with Crippen molar-refractivity contribution in [3.05, 3.63) is 32.4 Å². The molecule has 1 aliphatic rings. The third-order valence-electron chi connectivity index (χ3n) is 3.83. The van der Waals surface area contributed by atoms with Gasteiger partial charge >= 0.3 is 0 Å². The van der Waals surface area contributed by atoms with Crippen LogP contribution in [-0.2, 0) is 6.54 Å². The van der Waals surface area contributed by atoms with Crippen molar-refractivity contribution in [3.8, 4) is 0 Å². The SMILES string of the molecule is CC1CCN(Cc2csc(NC(=O)c3ccc(Cl)s3)n2)CC1. The molecule has 0 aromatic carbocycles. The molecule has 0 bridgehead atoms. The van der Waals surface area contributed by atoms with Crippen LogP contribution in [0.5, 0.6) is 0 Å². The van der Waals surface area contributed by atoms with E-state index in [1.807, 2.05) is 5.38 Å². The lowest BCUT2D eigenvalue weighted by atomic mass is 9.99. The Kier molecular flexibility index (Phi) is 5.13. The Morgan fingerprint density at radius 1 is 1.45 bits per heavy atom. The quantitative estimate of drug-likeness (QED) is 0.887. The fourth-order valence-electron chi connectivity index (χ4n) is 2.48. The molecule has 0 spiro atoms. The van der Waals surface area contributed by atoms with Gasteiger partial charge in [0.1, 0.15) is 0 Å². The van der Waals surface area contributed by atoms with Gasteiger partial charge in [0.25, 0.3) is 5.91 Å². The number of hydrogen-bond donors (Lipinski definition) is 1. The molecule has 118 valence electrons. The van der Waals surface area contributed by atoms with Crippen molar-refractivity contribution >= 4 is 45.3 Å². The maximum absolute atomic E-state index is 12.1. The number of likely N-dealkylation sites (tertiary alicyclic amines) is 1. The van der Waals surface area contributed by atoms with E-state index in [0.29, 0.717) is 14.3 Å². The predicted molar refractivity (Wildman–Crippen MR) is 93.1 cm³/mol. The number of anilines is 1. The van der Waals surface area contributed by atoms with Crippen molar-refractivity contribution in [1.82, 2.24) is 9.88 Å². The minimum atomic E-state index is -0.149. The van der Waals surface area contributed by atoms with Gasteiger partial charge in [-0.25, -0.2) is 4.98 Å². The lowest BCUT2D eigenvalue weighted by molar-refractivity contribution is 0.103. The van der Waals surface area contributed by atoms with E-state index >= 15 is 0 Å². The largest absolute Gasteiger partial charge is 0.297 e. The van der Waals surface area contributed by atoms with Gasteiger partial charge in [-0.3, -0.25) is 15.0 Å². The van der Waals surface area contributed by atoms with Crippen LogP contribution in [0.1, 0.15) is 35.1 Å². The third-order valence-corrected chi connectivity index (χ3v) is 5.87. The highest BCUT2D eigenvalue weighted by Gasteiger charge is 2.17. The molecule has 0 aliphatic carbocycles. The molecular formula is C15H18ClN3OS2. The number of halogens is 1. The van der Waals surface area contributed by atoms with E-state index in [0.717, 1.165) is 31.2 Å². The Hall–Kier alpha value is -0.950. The molecule has 3 heterocycles. The fraction of sp³-hybridized carbons (Fsp3) is 0.467. The molecule has 1 N–H and O–H groups in total. The molecule has 1 aliphatic heterocycles. The lowest BCUT2D eigenvalue weighted by Crippen LogP contribution is -2.32. The number of carbonyl (C=O) groups is 1. The summed E-state index contributed by atoms with van der Waals surface area (Å²) in [4.78, 5) is 19.6. The van der Waals surface area contributed by atoms with Gasteiger partial charge < -0.3 is 0 Å². The molecule has 22 heavy (non-hydrogen) atoms. The number of nitrogens with zero attached hydrogens (tertiary/aromatic N) is 2. The van der Waals surface area contributed by atoms with Gasteiger partial charge in [0, 0.05) is 11.9 Å². The van der Waals surface area contributed by atoms with E-state index in [-0.39, 0.29) is 5.91 Å². The number of piperidine rings is 1. The predicted octanol–water partition coefficient (Wildman–Crippen LogP) is 4.34. The number of nitrogens with one attached hydrogen (secondary N) is 1. The number of amides is 1. The first-order valence-electron chi connectivity index (χ1n) is 7.33. The van der Waals surface area contributed by atoms with Crippen molar-refractivity contribution in [2.75, 3.05) is 18.4 Å². The summed E-state index contributed by atoms with van der Waals surface area (Å²) in [6.45, 7) is 5.44. The molecule has 1 amide bonds. The molecule has 0 radical (unpaired) electrons. The minimum absolute atomic E-state index is 0.149. The van der Waals surface area contributed by atoms with Gasteiger partial charge in [0.05, 0.1) is 14.9 Å². The molecule has 0 atom stereocenters. The summed E-state index contributed by atoms with van der Waals surface area (Å²) >= 11 is 8.59. The maximum atomic E-state index is 12.1. The summed E-state index contributed by atoms with van der Waals surface area (Å²) in [6.07, 6.45) is 2.51. The van der Waals surface area contributed by atoms with Crippen molar-refractivity contribution in [3.63, 3.8) is 0 Å². The second kappa shape index (κ2) is 7.08. The molecule has 0 saturated carbocycles. The lowest BCUT2D eigenvalue weighted by Gasteiger charge is -2.29. The summed E-state index contributed by atoms with van der Waals surface area (Å²) in [5.41, 5.74) is 1.03. The van der Waals surface area contributed by atoms with Gasteiger partial charge in [-0.15, -0.1) is 22.7 Å². The monoisotopic (exact) mass is 355 g/mol. The van der Waals surface area contributed by atoms with E-state index in [1.54, 1.807) is 12.1 Å². The van der Waals surface area contributed by atoms with E-state index in [4.69, 9.17) is 11.6 Å². The average Bonchev–Trinajstić information content (AvgIpc) is 3.11. The number of thiophene rings is 1. The van der Waals surface area contributed by atoms with Crippen LogP contribution in [0.2, 0.25) is 4.34 Å². The Morgan fingerprint density at radius 2 is 2.23 bits per heavy atom. The Labute approximate surface area is 143 Å². The first-order valence-corrected chi connectivity index (χ1v) is 9.41. The summed E-state index contributed by atoms with van der Waals surface area (Å²) in [5, 5.41) is 5.51. The zero-order valence-corrected chi connectivity index (χ0v) is 14.7. The molecule has 1 saturated heterocycles. The summed E-state index contributed by atoms with van der Waals surface area (Å²) in [7, 11) is 0. The third kappa shape index (κ3) is 4.07. The summed E-state index contributed by atoms with van der Waals surface area (Å²) in [6, 6.07) is 3.46. The van der Waals surface area contributed by atoms with Gasteiger partial charge in [-0.1, -0.05) is 18.5 Å².